The highest BCUT2D eigenvalue weighted by Gasteiger charge is 2.12. The predicted molar refractivity (Wildman–Crippen MR) is 67.4 cm³/mol. The minimum Gasteiger partial charge on any atom is -0.338 e. The molecule has 0 saturated heterocycles. The second-order valence-corrected chi connectivity index (χ2v) is 3.71. The van der Waals surface area contributed by atoms with Gasteiger partial charge in [-0.15, -0.1) is 0 Å². The Morgan fingerprint density at radius 2 is 2.06 bits per heavy atom. The van der Waals surface area contributed by atoms with E-state index in [9.17, 15) is 9.18 Å². The molecule has 1 aromatic carbocycles. The Labute approximate surface area is 102 Å². The van der Waals surface area contributed by atoms with E-state index >= 15 is 0 Å². The fraction of sp³-hybridized carbons (Fsp3) is 0.385. The van der Waals surface area contributed by atoms with Gasteiger partial charge in [-0.25, -0.2) is 9.18 Å². The molecule has 0 atom stereocenters. The number of unbranched alkanes of at least 4 members (excludes halogenated alkanes) is 1. The van der Waals surface area contributed by atoms with Gasteiger partial charge in [0.25, 0.3) is 0 Å². The van der Waals surface area contributed by atoms with Gasteiger partial charge in [-0.1, -0.05) is 13.3 Å². The van der Waals surface area contributed by atoms with Crippen LogP contribution in [0.15, 0.2) is 24.3 Å². The molecule has 1 aromatic rings. The van der Waals surface area contributed by atoms with Gasteiger partial charge in [0.1, 0.15) is 5.82 Å². The zero-order valence-electron chi connectivity index (χ0n) is 10.1. The van der Waals surface area contributed by atoms with Gasteiger partial charge in [0, 0.05) is 18.8 Å². The van der Waals surface area contributed by atoms with Gasteiger partial charge < -0.3 is 5.32 Å². The molecule has 0 spiro atoms. The van der Waals surface area contributed by atoms with Crippen molar-refractivity contribution in [1.82, 2.24) is 5.32 Å². The van der Waals surface area contributed by atoms with Crippen LogP contribution in [0.25, 0.3) is 0 Å². The van der Waals surface area contributed by atoms with E-state index in [1.807, 2.05) is 0 Å². The Hall–Kier alpha value is -1.58. The summed E-state index contributed by atoms with van der Waals surface area (Å²) in [6.45, 7) is 6.72. The SMILES string of the molecule is [CH2]CN(C(=O)NCCCC)c1ccc(F)cc1. The summed E-state index contributed by atoms with van der Waals surface area (Å²) in [6, 6.07) is 5.61. The molecule has 0 aliphatic heterocycles. The summed E-state index contributed by atoms with van der Waals surface area (Å²) in [4.78, 5) is 13.3. The zero-order chi connectivity index (χ0) is 12.7. The lowest BCUT2D eigenvalue weighted by atomic mass is 10.3. The predicted octanol–water partition coefficient (Wildman–Crippen LogP) is 2.98. The van der Waals surface area contributed by atoms with Gasteiger partial charge in [0.15, 0.2) is 0 Å². The first-order valence-electron chi connectivity index (χ1n) is 5.79. The third-order valence-corrected chi connectivity index (χ3v) is 2.41. The van der Waals surface area contributed by atoms with E-state index in [2.05, 4.69) is 19.2 Å². The highest BCUT2D eigenvalue weighted by molar-refractivity contribution is 5.91. The average molecular weight is 237 g/mol. The summed E-state index contributed by atoms with van der Waals surface area (Å²) < 4.78 is 12.8. The van der Waals surface area contributed by atoms with Gasteiger partial charge in [0.2, 0.25) is 0 Å². The number of amides is 2. The third kappa shape index (κ3) is 4.06. The quantitative estimate of drug-likeness (QED) is 0.784. The molecule has 0 fully saturated rings. The molecule has 1 N–H and O–H groups in total. The summed E-state index contributed by atoms with van der Waals surface area (Å²) >= 11 is 0. The van der Waals surface area contributed by atoms with Crippen molar-refractivity contribution in [2.24, 2.45) is 0 Å². The molecule has 1 rings (SSSR count). The van der Waals surface area contributed by atoms with E-state index in [0.717, 1.165) is 12.8 Å². The van der Waals surface area contributed by atoms with E-state index in [4.69, 9.17) is 0 Å². The van der Waals surface area contributed by atoms with Crippen LogP contribution in [0.4, 0.5) is 14.9 Å². The van der Waals surface area contributed by atoms with E-state index in [-0.39, 0.29) is 11.8 Å². The van der Waals surface area contributed by atoms with E-state index in [1.165, 1.54) is 17.0 Å². The van der Waals surface area contributed by atoms with Crippen LogP contribution < -0.4 is 10.2 Å². The Kier molecular flexibility index (Phi) is 5.46. The monoisotopic (exact) mass is 237 g/mol. The Morgan fingerprint density at radius 3 is 2.59 bits per heavy atom. The molecule has 0 bridgehead atoms. The first-order valence-corrected chi connectivity index (χ1v) is 5.79. The molecule has 0 heterocycles. The molecule has 1 radical (unpaired) electrons. The topological polar surface area (TPSA) is 32.3 Å². The molecular weight excluding hydrogens is 219 g/mol. The van der Waals surface area contributed by atoms with Crippen molar-refractivity contribution in [3.63, 3.8) is 0 Å². The normalized spacial score (nSPS) is 10.1. The molecule has 93 valence electrons. The van der Waals surface area contributed by atoms with Gasteiger partial charge in [-0.05, 0) is 37.6 Å². The lowest BCUT2D eigenvalue weighted by Crippen LogP contribution is -2.40. The molecule has 0 saturated carbocycles. The van der Waals surface area contributed by atoms with E-state index < -0.39 is 0 Å². The number of hydrogen-bond acceptors (Lipinski definition) is 1. The number of carbonyl (C=O) groups is 1. The van der Waals surface area contributed by atoms with Crippen LogP contribution in [0.2, 0.25) is 0 Å². The van der Waals surface area contributed by atoms with Gasteiger partial charge in [-0.3, -0.25) is 4.90 Å². The lowest BCUT2D eigenvalue weighted by Gasteiger charge is -2.21. The van der Waals surface area contributed by atoms with Crippen molar-refractivity contribution in [2.75, 3.05) is 18.0 Å². The van der Waals surface area contributed by atoms with Crippen molar-refractivity contribution < 1.29 is 9.18 Å². The second kappa shape index (κ2) is 6.89. The highest BCUT2D eigenvalue weighted by Crippen LogP contribution is 2.14. The van der Waals surface area contributed by atoms with Gasteiger partial charge in [0.05, 0.1) is 0 Å². The van der Waals surface area contributed by atoms with Crippen LogP contribution in [-0.2, 0) is 0 Å². The summed E-state index contributed by atoms with van der Waals surface area (Å²) in [5.41, 5.74) is 0.649. The van der Waals surface area contributed by atoms with Crippen LogP contribution in [-0.4, -0.2) is 19.1 Å². The molecule has 17 heavy (non-hydrogen) atoms. The van der Waals surface area contributed by atoms with Crippen molar-refractivity contribution >= 4 is 11.7 Å². The molecular formula is C13H18FN2O. The van der Waals surface area contributed by atoms with Crippen molar-refractivity contribution in [2.45, 2.75) is 19.8 Å². The number of anilines is 1. The third-order valence-electron chi connectivity index (χ3n) is 2.41. The Bertz CT molecular complexity index is 351. The van der Waals surface area contributed by atoms with E-state index in [1.54, 1.807) is 12.1 Å². The minimum absolute atomic E-state index is 0.194. The number of nitrogens with one attached hydrogen (secondary N) is 1. The number of carbonyl (C=O) groups excluding carboxylic acids is 1. The van der Waals surface area contributed by atoms with Crippen LogP contribution in [0.3, 0.4) is 0 Å². The van der Waals surface area contributed by atoms with Crippen LogP contribution in [0, 0.1) is 12.7 Å². The summed E-state index contributed by atoms with van der Waals surface area (Å²) in [6.07, 6.45) is 1.97. The lowest BCUT2D eigenvalue weighted by molar-refractivity contribution is 0.246. The summed E-state index contributed by atoms with van der Waals surface area (Å²) in [5, 5.41) is 2.80. The maximum atomic E-state index is 12.8. The molecule has 0 unspecified atom stereocenters. The fourth-order valence-corrected chi connectivity index (χ4v) is 1.44. The number of rotatable bonds is 5. The van der Waals surface area contributed by atoms with Crippen molar-refractivity contribution in [3.8, 4) is 0 Å². The van der Waals surface area contributed by atoms with Gasteiger partial charge >= 0.3 is 6.03 Å². The van der Waals surface area contributed by atoms with Crippen LogP contribution >= 0.6 is 0 Å². The molecule has 0 aromatic heterocycles. The molecule has 4 heteroatoms. The van der Waals surface area contributed by atoms with Crippen LogP contribution in [0.5, 0.6) is 0 Å². The first kappa shape index (κ1) is 13.5. The minimum atomic E-state index is -0.316. The average Bonchev–Trinajstić information content (AvgIpc) is 2.33. The van der Waals surface area contributed by atoms with Crippen molar-refractivity contribution in [3.05, 3.63) is 37.0 Å². The van der Waals surface area contributed by atoms with E-state index in [0.29, 0.717) is 18.8 Å². The number of benzene rings is 1. The van der Waals surface area contributed by atoms with Gasteiger partial charge in [-0.2, -0.15) is 0 Å². The first-order chi connectivity index (χ1) is 8.19. The molecule has 2 amide bonds. The molecule has 0 aliphatic carbocycles. The standard InChI is InChI=1S/C13H18FN2O/c1-3-5-10-15-13(17)16(4-2)12-8-6-11(14)7-9-12/h6-9H,2-5,10H2,1H3,(H,15,17). The Morgan fingerprint density at radius 1 is 1.41 bits per heavy atom. The second-order valence-electron chi connectivity index (χ2n) is 3.71. The maximum absolute atomic E-state index is 12.8. The summed E-state index contributed by atoms with van der Waals surface area (Å²) in [7, 11) is 0. The van der Waals surface area contributed by atoms with Crippen molar-refractivity contribution in [1.29, 1.82) is 0 Å². The largest absolute Gasteiger partial charge is 0.338 e. The Balaban J connectivity index is 2.64. The zero-order valence-corrected chi connectivity index (χ0v) is 10.1. The number of halogens is 1. The smallest absolute Gasteiger partial charge is 0.321 e. The maximum Gasteiger partial charge on any atom is 0.321 e. The molecule has 0 aliphatic rings. The number of hydrogen-bond donors (Lipinski definition) is 1. The fourth-order valence-electron chi connectivity index (χ4n) is 1.44. The molecule has 3 nitrogen and oxygen atoms in total. The van der Waals surface area contributed by atoms with Crippen LogP contribution in [0.1, 0.15) is 19.8 Å². The number of urea groups is 1. The summed E-state index contributed by atoms with van der Waals surface area (Å²) in [5.74, 6) is -0.316. The number of nitrogens with zero attached hydrogens (tertiary/aromatic N) is 1. The highest BCUT2D eigenvalue weighted by atomic mass is 19.1.